The van der Waals surface area contributed by atoms with E-state index < -0.39 is 0 Å². The third-order valence-electron chi connectivity index (χ3n) is 4.29. The van der Waals surface area contributed by atoms with E-state index in [4.69, 9.17) is 10.5 Å². The largest absolute Gasteiger partial charge is 0.492 e. The van der Waals surface area contributed by atoms with Crippen LogP contribution in [0.3, 0.4) is 0 Å². The number of hydrogen-bond acceptors (Lipinski definition) is 4. The minimum Gasteiger partial charge on any atom is -0.492 e. The lowest BCUT2D eigenvalue weighted by atomic mass is 9.94. The number of amides is 1. The fourth-order valence-corrected chi connectivity index (χ4v) is 2.94. The van der Waals surface area contributed by atoms with Gasteiger partial charge in [-0.05, 0) is 19.5 Å². The first-order valence-electron chi connectivity index (χ1n) is 7.22. The first-order chi connectivity index (χ1) is 10.0. The lowest BCUT2D eigenvalue weighted by Gasteiger charge is -2.36. The zero-order valence-electron chi connectivity index (χ0n) is 12.1. The molecule has 6 heteroatoms. The van der Waals surface area contributed by atoms with Gasteiger partial charge in [0.1, 0.15) is 18.2 Å². The fraction of sp³-hybridized carbons (Fsp3) is 0.533. The molecule has 21 heavy (non-hydrogen) atoms. The van der Waals surface area contributed by atoms with E-state index in [1.807, 2.05) is 0 Å². The summed E-state index contributed by atoms with van der Waals surface area (Å²) in [5, 5.41) is 0. The average molecular weight is 293 g/mol. The van der Waals surface area contributed by atoms with Crippen LogP contribution < -0.4 is 15.4 Å². The summed E-state index contributed by atoms with van der Waals surface area (Å²) in [4.78, 5) is 15.8. The number of hydrogen-bond donors (Lipinski definition) is 1. The van der Waals surface area contributed by atoms with E-state index in [1.165, 1.54) is 12.1 Å². The molecule has 0 aliphatic carbocycles. The highest BCUT2D eigenvalue weighted by atomic mass is 19.1. The van der Waals surface area contributed by atoms with Crippen molar-refractivity contribution in [3.05, 3.63) is 23.5 Å². The van der Waals surface area contributed by atoms with E-state index in [1.54, 1.807) is 0 Å². The van der Waals surface area contributed by atoms with Crippen molar-refractivity contribution in [1.82, 2.24) is 4.90 Å². The predicted octanol–water partition coefficient (Wildman–Crippen LogP) is 0.614. The number of halogens is 1. The summed E-state index contributed by atoms with van der Waals surface area (Å²) in [7, 11) is 2.07. The number of nitrogens with zero attached hydrogens (tertiary/aromatic N) is 2. The van der Waals surface area contributed by atoms with E-state index in [9.17, 15) is 9.18 Å². The van der Waals surface area contributed by atoms with Crippen LogP contribution in [0.4, 0.5) is 10.1 Å². The molecule has 1 saturated heterocycles. The molecule has 1 amide bonds. The second-order valence-corrected chi connectivity index (χ2v) is 5.81. The number of nitrogens with two attached hydrogens (primary N) is 1. The number of anilines is 1. The molecule has 5 nitrogen and oxygen atoms in total. The second-order valence-electron chi connectivity index (χ2n) is 5.81. The Bertz CT molecular complexity index is 556. The molecule has 1 atom stereocenters. The molecule has 114 valence electrons. The van der Waals surface area contributed by atoms with Gasteiger partial charge in [-0.1, -0.05) is 0 Å². The maximum atomic E-state index is 13.8. The number of primary amides is 1. The van der Waals surface area contributed by atoms with E-state index in [-0.39, 0.29) is 24.2 Å². The van der Waals surface area contributed by atoms with Crippen molar-refractivity contribution in [2.75, 3.05) is 44.7 Å². The van der Waals surface area contributed by atoms with Gasteiger partial charge in [-0.15, -0.1) is 0 Å². The lowest BCUT2D eigenvalue weighted by Crippen LogP contribution is -2.45. The van der Waals surface area contributed by atoms with Crippen LogP contribution in [0, 0.1) is 11.7 Å². The van der Waals surface area contributed by atoms with Gasteiger partial charge in [0.25, 0.3) is 0 Å². The molecule has 1 aromatic carbocycles. The quantitative estimate of drug-likeness (QED) is 0.868. The van der Waals surface area contributed by atoms with Gasteiger partial charge in [-0.2, -0.15) is 0 Å². The molecule has 1 fully saturated rings. The van der Waals surface area contributed by atoms with Crippen molar-refractivity contribution in [2.45, 2.75) is 6.42 Å². The summed E-state index contributed by atoms with van der Waals surface area (Å²) >= 11 is 0. The van der Waals surface area contributed by atoms with Crippen LogP contribution in [0.15, 0.2) is 12.1 Å². The summed E-state index contributed by atoms with van der Waals surface area (Å²) in [6.07, 6.45) is 0.520. The van der Waals surface area contributed by atoms with Gasteiger partial charge in [-0.25, -0.2) is 4.39 Å². The van der Waals surface area contributed by atoms with Gasteiger partial charge >= 0.3 is 0 Å². The van der Waals surface area contributed by atoms with Crippen LogP contribution in [-0.4, -0.2) is 50.6 Å². The molecule has 0 aromatic heterocycles. The molecule has 0 spiro atoms. The minimum atomic E-state index is -0.366. The molecule has 1 unspecified atom stereocenters. The topological polar surface area (TPSA) is 58.8 Å². The molecule has 0 saturated carbocycles. The van der Waals surface area contributed by atoms with Crippen molar-refractivity contribution in [1.29, 1.82) is 0 Å². The number of benzene rings is 1. The molecule has 3 rings (SSSR count). The van der Waals surface area contributed by atoms with E-state index in [0.29, 0.717) is 12.2 Å². The Morgan fingerprint density at radius 2 is 2.05 bits per heavy atom. The smallest absolute Gasteiger partial charge is 0.224 e. The van der Waals surface area contributed by atoms with Crippen LogP contribution in [0.25, 0.3) is 0 Å². The summed E-state index contributed by atoms with van der Waals surface area (Å²) in [5.74, 6) is -0.467. The first-order valence-corrected chi connectivity index (χ1v) is 7.22. The van der Waals surface area contributed by atoms with E-state index in [2.05, 4.69) is 16.8 Å². The van der Waals surface area contributed by atoms with E-state index in [0.717, 1.165) is 37.4 Å². The highest BCUT2D eigenvalue weighted by molar-refractivity contribution is 5.78. The Morgan fingerprint density at radius 3 is 2.71 bits per heavy atom. The summed E-state index contributed by atoms with van der Waals surface area (Å²) < 4.78 is 19.4. The van der Waals surface area contributed by atoms with Crippen LogP contribution in [-0.2, 0) is 11.2 Å². The van der Waals surface area contributed by atoms with Gasteiger partial charge in [0.15, 0.2) is 0 Å². The third-order valence-corrected chi connectivity index (χ3v) is 4.29. The van der Waals surface area contributed by atoms with Crippen molar-refractivity contribution in [2.24, 2.45) is 11.7 Å². The van der Waals surface area contributed by atoms with E-state index >= 15 is 0 Å². The molecule has 2 N–H and O–H groups in total. The highest BCUT2D eigenvalue weighted by Gasteiger charge is 2.29. The molecule has 0 bridgehead atoms. The fourth-order valence-electron chi connectivity index (χ4n) is 2.94. The van der Waals surface area contributed by atoms with Gasteiger partial charge in [-0.3, -0.25) is 4.79 Å². The Morgan fingerprint density at radius 1 is 1.33 bits per heavy atom. The Hall–Kier alpha value is -1.82. The number of carbonyl (C=O) groups excluding carboxylic acids is 1. The normalized spacial score (nSPS) is 22.6. The van der Waals surface area contributed by atoms with Gasteiger partial charge in [0.2, 0.25) is 5.91 Å². The molecule has 2 heterocycles. The molecular formula is C15H20FN3O2. The summed E-state index contributed by atoms with van der Waals surface area (Å²) in [5.41, 5.74) is 7.12. The molecule has 2 aliphatic heterocycles. The highest BCUT2D eigenvalue weighted by Crippen LogP contribution is 2.36. The number of fused-ring (bicyclic) bond motifs is 1. The SMILES string of the molecule is CN1CCN(c2cc(F)cc3c2CC(C(N)=O)CO3)CC1. The van der Waals surface area contributed by atoms with Crippen molar-refractivity contribution in [3.8, 4) is 5.75 Å². The second kappa shape index (κ2) is 5.52. The zero-order valence-corrected chi connectivity index (χ0v) is 12.1. The standard InChI is InChI=1S/C15H20FN3O2/c1-18-2-4-19(5-3-18)13-7-11(16)8-14-12(13)6-10(9-21-14)15(17)20/h7-8,10H,2-6,9H2,1H3,(H2,17,20). The van der Waals surface area contributed by atoms with Crippen LogP contribution in [0.1, 0.15) is 5.56 Å². The average Bonchev–Trinajstić information content (AvgIpc) is 2.46. The zero-order chi connectivity index (χ0) is 15.0. The number of carbonyl (C=O) groups is 1. The van der Waals surface area contributed by atoms with Crippen LogP contribution in [0.2, 0.25) is 0 Å². The van der Waals surface area contributed by atoms with Gasteiger partial charge < -0.3 is 20.3 Å². The van der Waals surface area contributed by atoms with Gasteiger partial charge in [0, 0.05) is 43.5 Å². The van der Waals surface area contributed by atoms with Crippen molar-refractivity contribution >= 4 is 11.6 Å². The van der Waals surface area contributed by atoms with Crippen LogP contribution in [0.5, 0.6) is 5.75 Å². The number of likely N-dealkylation sites (N-methyl/N-ethyl adjacent to an activating group) is 1. The van der Waals surface area contributed by atoms with Crippen molar-refractivity contribution < 1.29 is 13.9 Å². The molecule has 2 aliphatic rings. The summed E-state index contributed by atoms with van der Waals surface area (Å²) in [6, 6.07) is 2.93. The Balaban J connectivity index is 1.93. The maximum absolute atomic E-state index is 13.8. The monoisotopic (exact) mass is 293 g/mol. The number of piperazine rings is 1. The Kier molecular flexibility index (Phi) is 3.71. The predicted molar refractivity (Wildman–Crippen MR) is 78.0 cm³/mol. The molecule has 1 aromatic rings. The maximum Gasteiger partial charge on any atom is 0.224 e. The van der Waals surface area contributed by atoms with Gasteiger partial charge in [0.05, 0.1) is 5.92 Å². The molecule has 0 radical (unpaired) electrons. The first kappa shape index (κ1) is 14.1. The summed E-state index contributed by atoms with van der Waals surface area (Å²) in [6.45, 7) is 3.78. The lowest BCUT2D eigenvalue weighted by molar-refractivity contribution is -0.123. The Labute approximate surface area is 123 Å². The number of ether oxygens (including phenoxy) is 1. The van der Waals surface area contributed by atoms with Crippen LogP contribution >= 0.6 is 0 Å². The molecular weight excluding hydrogens is 273 g/mol. The minimum absolute atomic E-state index is 0.230. The third kappa shape index (κ3) is 2.81. The number of rotatable bonds is 2. The van der Waals surface area contributed by atoms with Crippen molar-refractivity contribution in [3.63, 3.8) is 0 Å².